The van der Waals surface area contributed by atoms with Gasteiger partial charge in [0.25, 0.3) is 11.8 Å². The van der Waals surface area contributed by atoms with Crippen molar-refractivity contribution in [3.8, 4) is 0 Å². The van der Waals surface area contributed by atoms with Crippen molar-refractivity contribution in [2.24, 2.45) is 0 Å². The second-order valence-electron chi connectivity index (χ2n) is 7.85. The molecule has 1 fully saturated rings. The van der Waals surface area contributed by atoms with E-state index in [2.05, 4.69) is 10.6 Å². The number of aryl methyl sites for hydroxylation is 1. The molecule has 1 aromatic heterocycles. The molecule has 4 amide bonds. The number of para-hydroxylation sites is 1. The Morgan fingerprint density at radius 3 is 2.61 bits per heavy atom. The van der Waals surface area contributed by atoms with Crippen molar-refractivity contribution in [2.75, 3.05) is 5.32 Å². The van der Waals surface area contributed by atoms with Gasteiger partial charge in [0.1, 0.15) is 5.54 Å². The van der Waals surface area contributed by atoms with Crippen molar-refractivity contribution >= 4 is 34.9 Å². The summed E-state index contributed by atoms with van der Waals surface area (Å²) >= 11 is 1.64. The number of amides is 4. The summed E-state index contributed by atoms with van der Waals surface area (Å²) in [5.74, 6) is -0.401. The first kappa shape index (κ1) is 19.5. The Balaban J connectivity index is 1.31. The minimum Gasteiger partial charge on any atom is -0.322 e. The van der Waals surface area contributed by atoms with E-state index in [1.807, 2.05) is 41.8 Å². The highest BCUT2D eigenvalue weighted by Crippen LogP contribution is 2.42. The van der Waals surface area contributed by atoms with Gasteiger partial charge in [0, 0.05) is 21.7 Å². The topological polar surface area (TPSA) is 78.5 Å². The lowest BCUT2D eigenvalue weighted by Crippen LogP contribution is -2.46. The Hall–Kier alpha value is -3.45. The summed E-state index contributed by atoms with van der Waals surface area (Å²) in [6, 6.07) is 17.8. The Morgan fingerprint density at radius 2 is 1.84 bits per heavy atom. The number of rotatable bonds is 4. The number of fused-ring (bicyclic) bond motifs is 2. The van der Waals surface area contributed by atoms with Gasteiger partial charge in [-0.05, 0) is 60.5 Å². The van der Waals surface area contributed by atoms with Gasteiger partial charge in [0.15, 0.2) is 0 Å². The predicted molar refractivity (Wildman–Crippen MR) is 119 cm³/mol. The highest BCUT2D eigenvalue weighted by atomic mass is 32.1. The highest BCUT2D eigenvalue weighted by molar-refractivity contribution is 7.10. The summed E-state index contributed by atoms with van der Waals surface area (Å²) in [5, 5.41) is 7.80. The van der Waals surface area contributed by atoms with Gasteiger partial charge in [-0.2, -0.15) is 0 Å². The van der Waals surface area contributed by atoms with E-state index in [1.54, 1.807) is 35.6 Å². The molecule has 2 N–H and O–H groups in total. The van der Waals surface area contributed by atoms with Crippen LogP contribution in [-0.4, -0.2) is 22.7 Å². The van der Waals surface area contributed by atoms with E-state index in [9.17, 15) is 14.4 Å². The minimum atomic E-state index is -0.930. The molecule has 0 saturated carbocycles. The minimum absolute atomic E-state index is 0.173. The van der Waals surface area contributed by atoms with E-state index in [4.69, 9.17) is 0 Å². The Labute approximate surface area is 183 Å². The molecule has 7 heteroatoms. The van der Waals surface area contributed by atoms with Crippen LogP contribution < -0.4 is 10.6 Å². The van der Waals surface area contributed by atoms with E-state index >= 15 is 0 Å². The first-order valence-corrected chi connectivity index (χ1v) is 11.1. The molecule has 1 aliphatic heterocycles. The van der Waals surface area contributed by atoms with E-state index in [0.717, 1.165) is 29.7 Å². The van der Waals surface area contributed by atoms with Crippen molar-refractivity contribution in [2.45, 2.75) is 31.3 Å². The average molecular weight is 432 g/mol. The van der Waals surface area contributed by atoms with Gasteiger partial charge in [0.2, 0.25) is 0 Å². The fourth-order valence-electron chi connectivity index (χ4n) is 4.35. The zero-order valence-corrected chi connectivity index (χ0v) is 17.6. The quantitative estimate of drug-likeness (QED) is 0.605. The number of imide groups is 1. The molecule has 1 unspecified atom stereocenters. The van der Waals surface area contributed by atoms with Gasteiger partial charge in [0.05, 0.1) is 6.54 Å². The van der Waals surface area contributed by atoms with E-state index < -0.39 is 5.54 Å². The van der Waals surface area contributed by atoms with Crippen LogP contribution in [0.2, 0.25) is 0 Å². The standard InChI is InChI=1S/C24H21N3O3S/c28-21(25-18-5-2-1-3-6-18)17-10-8-16(9-11-17)15-27-22(29)24(26-23(27)30)13-4-7-20-19(24)12-14-31-20/h1-3,5-6,8-12,14H,4,7,13,15H2,(H,25,28)(H,26,30). The predicted octanol–water partition coefficient (Wildman–Crippen LogP) is 4.28. The van der Waals surface area contributed by atoms with Crippen LogP contribution in [0.5, 0.6) is 0 Å². The van der Waals surface area contributed by atoms with Gasteiger partial charge in [-0.25, -0.2) is 4.79 Å². The summed E-state index contributed by atoms with van der Waals surface area (Å²) in [7, 11) is 0. The largest absolute Gasteiger partial charge is 0.325 e. The molecule has 3 aromatic rings. The van der Waals surface area contributed by atoms with Crippen LogP contribution >= 0.6 is 11.3 Å². The molecule has 2 aliphatic rings. The molecule has 1 aliphatic carbocycles. The number of thiophene rings is 1. The smallest absolute Gasteiger partial charge is 0.322 e. The maximum atomic E-state index is 13.3. The molecule has 156 valence electrons. The SMILES string of the molecule is O=C(Nc1ccccc1)c1ccc(CN2C(=O)NC3(CCCc4sccc43)C2=O)cc1. The van der Waals surface area contributed by atoms with Crippen LogP contribution in [0.3, 0.4) is 0 Å². The average Bonchev–Trinajstić information content (AvgIpc) is 3.36. The number of urea groups is 1. The number of carbonyl (C=O) groups excluding carboxylic acids is 3. The zero-order chi connectivity index (χ0) is 21.4. The summed E-state index contributed by atoms with van der Waals surface area (Å²) < 4.78 is 0. The summed E-state index contributed by atoms with van der Waals surface area (Å²) in [6.45, 7) is 0.173. The highest BCUT2D eigenvalue weighted by Gasteiger charge is 2.54. The van der Waals surface area contributed by atoms with Gasteiger partial charge in [-0.1, -0.05) is 30.3 Å². The van der Waals surface area contributed by atoms with Crippen molar-refractivity contribution in [1.82, 2.24) is 10.2 Å². The molecule has 2 heterocycles. The first-order valence-electron chi connectivity index (χ1n) is 10.2. The number of hydrogen-bond acceptors (Lipinski definition) is 4. The van der Waals surface area contributed by atoms with E-state index in [-0.39, 0.29) is 24.4 Å². The van der Waals surface area contributed by atoms with Gasteiger partial charge in [-0.3, -0.25) is 14.5 Å². The maximum absolute atomic E-state index is 13.3. The second kappa shape index (κ2) is 7.67. The number of hydrogen-bond donors (Lipinski definition) is 2. The molecule has 5 rings (SSSR count). The van der Waals surface area contributed by atoms with Crippen molar-refractivity contribution in [1.29, 1.82) is 0 Å². The third-order valence-corrected chi connectivity index (χ3v) is 6.91. The number of anilines is 1. The molecule has 31 heavy (non-hydrogen) atoms. The summed E-state index contributed by atoms with van der Waals surface area (Å²) in [4.78, 5) is 40.9. The Bertz CT molecular complexity index is 1160. The number of nitrogens with one attached hydrogen (secondary N) is 2. The van der Waals surface area contributed by atoms with Crippen LogP contribution in [0.15, 0.2) is 66.0 Å². The van der Waals surface area contributed by atoms with Crippen LogP contribution in [-0.2, 0) is 23.3 Å². The lowest BCUT2D eigenvalue weighted by molar-refractivity contribution is -0.132. The van der Waals surface area contributed by atoms with Crippen molar-refractivity contribution in [3.63, 3.8) is 0 Å². The third kappa shape index (κ3) is 3.41. The summed E-state index contributed by atoms with van der Waals surface area (Å²) in [6.07, 6.45) is 2.44. The number of nitrogens with zero attached hydrogens (tertiary/aromatic N) is 1. The normalized spacial score (nSPS) is 19.9. The molecule has 6 nitrogen and oxygen atoms in total. The van der Waals surface area contributed by atoms with Crippen molar-refractivity contribution < 1.29 is 14.4 Å². The third-order valence-electron chi connectivity index (χ3n) is 5.93. The lowest BCUT2D eigenvalue weighted by atomic mass is 9.80. The van der Waals surface area contributed by atoms with Crippen LogP contribution in [0.25, 0.3) is 0 Å². The number of carbonyl (C=O) groups is 3. The fourth-order valence-corrected chi connectivity index (χ4v) is 5.35. The zero-order valence-electron chi connectivity index (χ0n) is 16.8. The first-order chi connectivity index (χ1) is 15.1. The van der Waals surface area contributed by atoms with Crippen LogP contribution in [0.1, 0.15) is 39.2 Å². The van der Waals surface area contributed by atoms with Crippen LogP contribution in [0, 0.1) is 0 Å². The lowest BCUT2D eigenvalue weighted by Gasteiger charge is -2.31. The molecule has 2 aromatic carbocycles. The molecular formula is C24H21N3O3S. The van der Waals surface area contributed by atoms with E-state index in [0.29, 0.717) is 12.0 Å². The Morgan fingerprint density at radius 1 is 1.06 bits per heavy atom. The molecule has 0 bridgehead atoms. The fraction of sp³-hybridized carbons (Fsp3) is 0.208. The molecule has 1 atom stereocenters. The molecule has 0 radical (unpaired) electrons. The van der Waals surface area contributed by atoms with Crippen LogP contribution in [0.4, 0.5) is 10.5 Å². The number of benzene rings is 2. The maximum Gasteiger partial charge on any atom is 0.325 e. The van der Waals surface area contributed by atoms with Gasteiger partial charge in [-0.15, -0.1) is 11.3 Å². The van der Waals surface area contributed by atoms with Gasteiger partial charge < -0.3 is 10.6 Å². The van der Waals surface area contributed by atoms with Crippen molar-refractivity contribution in [3.05, 3.63) is 87.6 Å². The molecular weight excluding hydrogens is 410 g/mol. The van der Waals surface area contributed by atoms with Gasteiger partial charge >= 0.3 is 6.03 Å². The monoisotopic (exact) mass is 431 g/mol. The molecule has 1 saturated heterocycles. The second-order valence-corrected chi connectivity index (χ2v) is 8.86. The Kier molecular flexibility index (Phi) is 4.82. The summed E-state index contributed by atoms with van der Waals surface area (Å²) in [5.41, 5.74) is 2.04. The molecule has 1 spiro atoms. The van der Waals surface area contributed by atoms with E-state index in [1.165, 1.54) is 9.78 Å².